The van der Waals surface area contributed by atoms with Crippen molar-refractivity contribution in [1.82, 2.24) is 4.90 Å². The third-order valence-corrected chi connectivity index (χ3v) is 5.50. The molecule has 4 rings (SSSR count). The van der Waals surface area contributed by atoms with Crippen LogP contribution in [0.1, 0.15) is 33.5 Å². The highest BCUT2D eigenvalue weighted by atomic mass is 19.1. The minimum Gasteiger partial charge on any atom is -0.322 e. The number of anilines is 2. The first-order valence-corrected chi connectivity index (χ1v) is 10.7. The van der Waals surface area contributed by atoms with Gasteiger partial charge in [0.05, 0.1) is 5.56 Å². The van der Waals surface area contributed by atoms with Crippen LogP contribution in [0.4, 0.5) is 20.6 Å². The van der Waals surface area contributed by atoms with Crippen molar-refractivity contribution in [3.05, 3.63) is 94.8 Å². The van der Waals surface area contributed by atoms with E-state index >= 15 is 0 Å². The van der Waals surface area contributed by atoms with Crippen molar-refractivity contribution in [2.24, 2.45) is 0 Å². The van der Waals surface area contributed by atoms with Gasteiger partial charge in [-0.3, -0.25) is 9.69 Å². The number of urea groups is 1. The maximum atomic E-state index is 13.9. The number of rotatable bonds is 5. The Hall–Kier alpha value is -3.67. The van der Waals surface area contributed by atoms with Gasteiger partial charge in [-0.2, -0.15) is 0 Å². The molecular weight excluding hydrogens is 405 g/mol. The van der Waals surface area contributed by atoms with Crippen LogP contribution in [0.15, 0.2) is 66.7 Å². The van der Waals surface area contributed by atoms with Gasteiger partial charge in [-0.25, -0.2) is 9.18 Å². The van der Waals surface area contributed by atoms with Crippen LogP contribution in [0, 0.1) is 19.7 Å². The Morgan fingerprint density at radius 1 is 0.969 bits per heavy atom. The van der Waals surface area contributed by atoms with Gasteiger partial charge in [-0.1, -0.05) is 47.5 Å². The zero-order valence-corrected chi connectivity index (χ0v) is 18.3. The van der Waals surface area contributed by atoms with Crippen LogP contribution in [0.2, 0.25) is 0 Å². The quantitative estimate of drug-likeness (QED) is 0.578. The smallest absolute Gasteiger partial charge is 0.322 e. The number of halogens is 1. The Balaban J connectivity index is 1.50. The van der Waals surface area contributed by atoms with Crippen molar-refractivity contribution in [3.63, 3.8) is 0 Å². The molecule has 0 bridgehead atoms. The van der Waals surface area contributed by atoms with Gasteiger partial charge >= 0.3 is 6.03 Å². The van der Waals surface area contributed by atoms with Gasteiger partial charge in [-0.15, -0.1) is 0 Å². The maximum Gasteiger partial charge on any atom is 0.324 e. The number of nitrogens with one attached hydrogen (secondary N) is 1. The largest absolute Gasteiger partial charge is 0.324 e. The molecule has 164 valence electrons. The third kappa shape index (κ3) is 4.80. The van der Waals surface area contributed by atoms with E-state index in [0.717, 1.165) is 12.0 Å². The van der Waals surface area contributed by atoms with Gasteiger partial charge in [0, 0.05) is 31.0 Å². The fourth-order valence-electron chi connectivity index (χ4n) is 4.14. The lowest BCUT2D eigenvalue weighted by Gasteiger charge is -2.36. The molecule has 6 heteroatoms. The molecule has 0 atom stereocenters. The lowest BCUT2D eigenvalue weighted by Crippen LogP contribution is -2.49. The van der Waals surface area contributed by atoms with Gasteiger partial charge in [0.25, 0.3) is 5.91 Å². The molecule has 1 N–H and O–H groups in total. The van der Waals surface area contributed by atoms with Crippen LogP contribution in [0.3, 0.4) is 0 Å². The molecule has 0 saturated carbocycles. The van der Waals surface area contributed by atoms with E-state index < -0.39 is 11.7 Å². The molecule has 32 heavy (non-hydrogen) atoms. The van der Waals surface area contributed by atoms with Crippen molar-refractivity contribution >= 4 is 23.3 Å². The number of benzene rings is 3. The highest BCUT2D eigenvalue weighted by molar-refractivity contribution is 6.05. The van der Waals surface area contributed by atoms with Crippen molar-refractivity contribution in [3.8, 4) is 0 Å². The first-order chi connectivity index (χ1) is 15.4. The van der Waals surface area contributed by atoms with E-state index in [2.05, 4.69) is 37.4 Å². The highest BCUT2D eigenvalue weighted by Gasteiger charge is 2.27. The molecule has 1 aliphatic rings. The molecule has 5 nitrogen and oxygen atoms in total. The first kappa shape index (κ1) is 21.6. The fraction of sp³-hybridized carbons (Fsp3) is 0.231. The van der Waals surface area contributed by atoms with Crippen LogP contribution in [0.5, 0.6) is 0 Å². The van der Waals surface area contributed by atoms with Gasteiger partial charge in [0.15, 0.2) is 0 Å². The van der Waals surface area contributed by atoms with Gasteiger partial charge < -0.3 is 10.2 Å². The fourth-order valence-corrected chi connectivity index (χ4v) is 4.14. The van der Waals surface area contributed by atoms with Crippen LogP contribution in [0.25, 0.3) is 0 Å². The first-order valence-electron chi connectivity index (χ1n) is 10.7. The number of carbonyl (C=O) groups is 2. The van der Waals surface area contributed by atoms with Crippen LogP contribution in [-0.4, -0.2) is 29.9 Å². The molecule has 1 saturated heterocycles. The van der Waals surface area contributed by atoms with E-state index in [1.54, 1.807) is 35.2 Å². The number of hydrogen-bond acceptors (Lipinski definition) is 2. The summed E-state index contributed by atoms with van der Waals surface area (Å²) in [7, 11) is 0. The van der Waals surface area contributed by atoms with Crippen LogP contribution in [-0.2, 0) is 6.54 Å². The Labute approximate surface area is 187 Å². The Bertz CT molecular complexity index is 1140. The molecule has 0 aliphatic carbocycles. The average Bonchev–Trinajstić information content (AvgIpc) is 2.75. The minimum atomic E-state index is -0.575. The summed E-state index contributed by atoms with van der Waals surface area (Å²) in [6.45, 7) is 5.98. The summed E-state index contributed by atoms with van der Waals surface area (Å²) in [6.07, 6.45) is 0.850. The second-order valence-corrected chi connectivity index (χ2v) is 8.19. The van der Waals surface area contributed by atoms with Crippen LogP contribution < -0.4 is 10.2 Å². The normalized spacial score (nSPS) is 13.9. The molecule has 1 aliphatic heterocycles. The van der Waals surface area contributed by atoms with Gasteiger partial charge in [0.1, 0.15) is 5.82 Å². The number of carbonyl (C=O) groups excluding carboxylic acids is 2. The van der Waals surface area contributed by atoms with E-state index in [9.17, 15) is 14.0 Å². The molecule has 3 aromatic carbocycles. The number of hydrogen-bond donors (Lipinski definition) is 1. The lowest BCUT2D eigenvalue weighted by molar-refractivity contribution is 0.102. The lowest BCUT2D eigenvalue weighted by atomic mass is 10.1. The van der Waals surface area contributed by atoms with E-state index in [0.29, 0.717) is 31.0 Å². The zero-order chi connectivity index (χ0) is 22.7. The molecule has 1 heterocycles. The van der Waals surface area contributed by atoms with Gasteiger partial charge in [-0.05, 0) is 56.2 Å². The minimum absolute atomic E-state index is 0.0217. The standard InChI is InChI=1S/C26H26FN3O2/c1-18-13-19(2)15-20(14-18)17-29-11-6-12-30(26(29)32)22-8-5-7-21(16-22)28-25(31)23-9-3-4-10-24(23)27/h3-5,7-10,13-16H,6,11-12,17H2,1-2H3,(H,28,31). The summed E-state index contributed by atoms with van der Waals surface area (Å²) < 4.78 is 13.9. The van der Waals surface area contributed by atoms with Crippen molar-refractivity contribution < 1.29 is 14.0 Å². The van der Waals surface area contributed by atoms with E-state index in [4.69, 9.17) is 0 Å². The number of nitrogens with zero attached hydrogens (tertiary/aromatic N) is 2. The second-order valence-electron chi connectivity index (χ2n) is 8.19. The summed E-state index contributed by atoms with van der Waals surface area (Å²) in [5, 5.41) is 2.73. The summed E-state index contributed by atoms with van der Waals surface area (Å²) >= 11 is 0. The maximum absolute atomic E-state index is 13.9. The third-order valence-electron chi connectivity index (χ3n) is 5.50. The van der Waals surface area contributed by atoms with Crippen molar-refractivity contribution in [2.45, 2.75) is 26.8 Å². The molecule has 0 radical (unpaired) electrons. The summed E-state index contributed by atoms with van der Waals surface area (Å²) in [4.78, 5) is 29.2. The Kier molecular flexibility index (Phi) is 6.21. The molecule has 3 amide bonds. The summed E-state index contributed by atoms with van der Waals surface area (Å²) in [5.41, 5.74) is 4.66. The molecule has 0 aromatic heterocycles. The number of aryl methyl sites for hydroxylation is 2. The predicted octanol–water partition coefficient (Wildman–Crippen LogP) is 5.53. The van der Waals surface area contributed by atoms with E-state index in [1.165, 1.54) is 23.3 Å². The summed E-state index contributed by atoms with van der Waals surface area (Å²) in [5.74, 6) is -1.10. The summed E-state index contributed by atoms with van der Waals surface area (Å²) in [6, 6.07) is 19.2. The second kappa shape index (κ2) is 9.22. The molecule has 0 unspecified atom stereocenters. The Morgan fingerprint density at radius 3 is 2.47 bits per heavy atom. The number of amides is 3. The molecule has 3 aromatic rings. The monoisotopic (exact) mass is 431 g/mol. The highest BCUT2D eigenvalue weighted by Crippen LogP contribution is 2.25. The zero-order valence-electron chi connectivity index (χ0n) is 18.3. The topological polar surface area (TPSA) is 52.6 Å². The van der Waals surface area contributed by atoms with Crippen LogP contribution >= 0.6 is 0 Å². The predicted molar refractivity (Wildman–Crippen MR) is 124 cm³/mol. The SMILES string of the molecule is Cc1cc(C)cc(CN2CCCN(c3cccc(NC(=O)c4ccccc4F)c3)C2=O)c1. The van der Waals surface area contributed by atoms with Gasteiger partial charge in [0.2, 0.25) is 0 Å². The molecule has 1 fully saturated rings. The molecular formula is C26H26FN3O2. The molecule has 0 spiro atoms. The van der Waals surface area contributed by atoms with Crippen molar-refractivity contribution in [2.75, 3.05) is 23.3 Å². The Morgan fingerprint density at radius 2 is 1.72 bits per heavy atom. The van der Waals surface area contributed by atoms with E-state index in [-0.39, 0.29) is 11.6 Å². The van der Waals surface area contributed by atoms with E-state index in [1.807, 2.05) is 11.0 Å². The van der Waals surface area contributed by atoms with Crippen molar-refractivity contribution in [1.29, 1.82) is 0 Å². The average molecular weight is 432 g/mol.